The topological polar surface area (TPSA) is 44.5 Å². The van der Waals surface area contributed by atoms with Crippen LogP contribution in [0.25, 0.3) is 11.4 Å². The van der Waals surface area contributed by atoms with E-state index in [1.54, 1.807) is 6.07 Å². The van der Waals surface area contributed by atoms with E-state index < -0.39 is 0 Å². The Hall–Kier alpha value is -1.49. The zero-order chi connectivity index (χ0) is 10.1. The van der Waals surface area contributed by atoms with Crippen molar-refractivity contribution in [3.05, 3.63) is 34.4 Å². The largest absolute Gasteiger partial charge is 0.282 e. The fraction of sp³-hybridized carbons (Fsp3) is 0.111. The van der Waals surface area contributed by atoms with Gasteiger partial charge >= 0.3 is 0 Å². The molecule has 5 heteroatoms. The Morgan fingerprint density at radius 2 is 2.14 bits per heavy atom. The van der Waals surface area contributed by atoms with Crippen molar-refractivity contribution in [3.63, 3.8) is 0 Å². The van der Waals surface area contributed by atoms with Crippen molar-refractivity contribution in [1.82, 2.24) is 15.2 Å². The Morgan fingerprint density at radius 1 is 1.36 bits per heavy atom. The molecule has 0 amide bonds. The number of H-pyrrole nitrogens is 2. The van der Waals surface area contributed by atoms with Crippen LogP contribution in [-0.4, -0.2) is 15.2 Å². The number of nitrogens with one attached hydrogen (secondary N) is 2. The minimum atomic E-state index is -0.303. The highest BCUT2D eigenvalue weighted by molar-refractivity contribution is 7.71. The third kappa shape index (κ3) is 1.58. The average molecular weight is 209 g/mol. The number of benzene rings is 1. The minimum absolute atomic E-state index is 0.303. The summed E-state index contributed by atoms with van der Waals surface area (Å²) in [4.78, 5) is 3.94. The van der Waals surface area contributed by atoms with Gasteiger partial charge in [0.1, 0.15) is 5.82 Å². The van der Waals surface area contributed by atoms with E-state index in [-0.39, 0.29) is 5.82 Å². The molecule has 0 saturated heterocycles. The fourth-order valence-corrected chi connectivity index (χ4v) is 1.35. The first-order chi connectivity index (χ1) is 6.66. The van der Waals surface area contributed by atoms with Crippen molar-refractivity contribution >= 4 is 12.2 Å². The molecule has 2 aromatic rings. The van der Waals surface area contributed by atoms with Gasteiger partial charge in [0.25, 0.3) is 0 Å². The molecule has 0 fully saturated rings. The Balaban J connectivity index is 2.57. The second kappa shape index (κ2) is 3.34. The number of rotatable bonds is 1. The molecule has 0 saturated carbocycles. The van der Waals surface area contributed by atoms with Crippen LogP contribution < -0.4 is 0 Å². The summed E-state index contributed by atoms with van der Waals surface area (Å²) >= 11 is 4.78. The first-order valence-electron chi connectivity index (χ1n) is 4.08. The van der Waals surface area contributed by atoms with Crippen molar-refractivity contribution < 1.29 is 4.39 Å². The summed E-state index contributed by atoms with van der Waals surface area (Å²) in [5.74, 6) is 0.121. The molecule has 0 bridgehead atoms. The molecule has 72 valence electrons. The van der Waals surface area contributed by atoms with Crippen LogP contribution in [-0.2, 0) is 0 Å². The van der Waals surface area contributed by atoms with E-state index in [4.69, 9.17) is 12.2 Å². The summed E-state index contributed by atoms with van der Waals surface area (Å²) in [6.07, 6.45) is 0. The molecule has 0 unspecified atom stereocenters. The third-order valence-electron chi connectivity index (χ3n) is 1.88. The van der Waals surface area contributed by atoms with Crippen LogP contribution in [0.5, 0.6) is 0 Å². The number of hydrogen-bond acceptors (Lipinski definition) is 2. The predicted molar refractivity (Wildman–Crippen MR) is 53.9 cm³/mol. The van der Waals surface area contributed by atoms with Crippen molar-refractivity contribution in [2.45, 2.75) is 6.92 Å². The second-order valence-electron chi connectivity index (χ2n) is 3.00. The zero-order valence-corrected chi connectivity index (χ0v) is 8.28. The Kier molecular flexibility index (Phi) is 2.17. The fourth-order valence-electron chi connectivity index (χ4n) is 1.21. The maximum Gasteiger partial charge on any atom is 0.213 e. The second-order valence-corrected chi connectivity index (χ2v) is 3.39. The standard InChI is InChI=1S/C9H8FN3S/c1-5-2-3-6(7(10)4-5)8-11-9(14)13-12-8/h2-4H,1H3,(H2,11,12,13,14). The number of aryl methyl sites for hydroxylation is 1. The Morgan fingerprint density at radius 3 is 2.71 bits per heavy atom. The van der Waals surface area contributed by atoms with Crippen molar-refractivity contribution in [1.29, 1.82) is 0 Å². The van der Waals surface area contributed by atoms with E-state index in [1.807, 2.05) is 13.0 Å². The van der Waals surface area contributed by atoms with Gasteiger partial charge < -0.3 is 0 Å². The highest BCUT2D eigenvalue weighted by Gasteiger charge is 2.07. The Labute approximate surface area is 85.0 Å². The van der Waals surface area contributed by atoms with Gasteiger partial charge in [-0.3, -0.25) is 10.2 Å². The molecule has 2 rings (SSSR count). The molecule has 0 atom stereocenters. The van der Waals surface area contributed by atoms with E-state index >= 15 is 0 Å². The average Bonchev–Trinajstić information content (AvgIpc) is 2.51. The number of halogens is 1. The number of nitrogens with zero attached hydrogens (tertiary/aromatic N) is 1. The molecule has 0 aliphatic carbocycles. The molecular weight excluding hydrogens is 201 g/mol. The summed E-state index contributed by atoms with van der Waals surface area (Å²) in [7, 11) is 0. The van der Waals surface area contributed by atoms with Crippen LogP contribution in [0.2, 0.25) is 0 Å². The van der Waals surface area contributed by atoms with Crippen LogP contribution in [0.15, 0.2) is 18.2 Å². The third-order valence-corrected chi connectivity index (χ3v) is 2.07. The van der Waals surface area contributed by atoms with Gasteiger partial charge in [-0.15, -0.1) is 0 Å². The summed E-state index contributed by atoms with van der Waals surface area (Å²) in [5.41, 5.74) is 1.29. The molecule has 1 heterocycles. The van der Waals surface area contributed by atoms with Gasteiger partial charge in [0.2, 0.25) is 4.77 Å². The van der Waals surface area contributed by atoms with Crippen molar-refractivity contribution in [2.75, 3.05) is 0 Å². The lowest BCUT2D eigenvalue weighted by molar-refractivity contribution is 0.629. The van der Waals surface area contributed by atoms with E-state index in [2.05, 4.69) is 15.2 Å². The van der Waals surface area contributed by atoms with E-state index in [0.717, 1.165) is 5.56 Å². The number of aromatic amines is 2. The van der Waals surface area contributed by atoms with Crippen LogP contribution in [0.4, 0.5) is 4.39 Å². The summed E-state index contributed by atoms with van der Waals surface area (Å²) in [6, 6.07) is 4.96. The smallest absolute Gasteiger partial charge is 0.213 e. The van der Waals surface area contributed by atoms with Gasteiger partial charge in [0.15, 0.2) is 5.82 Å². The monoisotopic (exact) mass is 209 g/mol. The normalized spacial score (nSPS) is 10.4. The van der Waals surface area contributed by atoms with E-state index in [0.29, 0.717) is 16.2 Å². The SMILES string of the molecule is Cc1ccc(-c2nc(=S)[nH][nH]2)c(F)c1. The van der Waals surface area contributed by atoms with Crippen LogP contribution >= 0.6 is 12.2 Å². The molecule has 0 spiro atoms. The summed E-state index contributed by atoms with van der Waals surface area (Å²) < 4.78 is 13.8. The molecule has 1 aromatic heterocycles. The first-order valence-corrected chi connectivity index (χ1v) is 4.49. The van der Waals surface area contributed by atoms with Crippen LogP contribution in [0, 0.1) is 17.5 Å². The molecule has 0 aliphatic rings. The molecule has 1 aromatic carbocycles. The highest BCUT2D eigenvalue weighted by atomic mass is 32.1. The molecule has 0 aliphatic heterocycles. The number of hydrogen-bond donors (Lipinski definition) is 2. The summed E-state index contributed by atoms with van der Waals surface area (Å²) in [6.45, 7) is 1.83. The zero-order valence-electron chi connectivity index (χ0n) is 7.47. The molecule has 0 radical (unpaired) electrons. The maximum atomic E-state index is 13.4. The first kappa shape index (κ1) is 9.08. The van der Waals surface area contributed by atoms with Gasteiger partial charge in [-0.2, -0.15) is 4.98 Å². The predicted octanol–water partition coefficient (Wildman–Crippen LogP) is 2.58. The highest BCUT2D eigenvalue weighted by Crippen LogP contribution is 2.19. The lowest BCUT2D eigenvalue weighted by atomic mass is 10.1. The van der Waals surface area contributed by atoms with E-state index in [9.17, 15) is 4.39 Å². The van der Waals surface area contributed by atoms with Gasteiger partial charge in [-0.05, 0) is 36.8 Å². The van der Waals surface area contributed by atoms with Crippen LogP contribution in [0.3, 0.4) is 0 Å². The van der Waals surface area contributed by atoms with Gasteiger partial charge in [0, 0.05) is 0 Å². The summed E-state index contributed by atoms with van der Waals surface area (Å²) in [5, 5.41) is 5.32. The van der Waals surface area contributed by atoms with Gasteiger partial charge in [0.05, 0.1) is 5.56 Å². The van der Waals surface area contributed by atoms with Crippen molar-refractivity contribution in [2.24, 2.45) is 0 Å². The molecule has 14 heavy (non-hydrogen) atoms. The minimum Gasteiger partial charge on any atom is -0.282 e. The van der Waals surface area contributed by atoms with Crippen LogP contribution in [0.1, 0.15) is 5.56 Å². The number of aromatic nitrogens is 3. The van der Waals surface area contributed by atoms with Crippen molar-refractivity contribution in [3.8, 4) is 11.4 Å². The lowest BCUT2D eigenvalue weighted by Crippen LogP contribution is -1.87. The van der Waals surface area contributed by atoms with Gasteiger partial charge in [-0.1, -0.05) is 6.07 Å². The quantitative estimate of drug-likeness (QED) is 0.709. The molecule has 2 N–H and O–H groups in total. The Bertz CT molecular complexity index is 515. The molecular formula is C9H8FN3S. The van der Waals surface area contributed by atoms with Gasteiger partial charge in [-0.25, -0.2) is 4.39 Å². The maximum absolute atomic E-state index is 13.4. The van der Waals surface area contributed by atoms with E-state index in [1.165, 1.54) is 6.07 Å². The molecule has 3 nitrogen and oxygen atoms in total. The lowest BCUT2D eigenvalue weighted by Gasteiger charge is -1.99.